The Balaban J connectivity index is 1.16. The Bertz CT molecular complexity index is 3510. The van der Waals surface area contributed by atoms with Gasteiger partial charge in [0.1, 0.15) is 0 Å². The second kappa shape index (κ2) is 15.9. The van der Waals surface area contributed by atoms with Gasteiger partial charge in [-0.1, -0.05) is 255 Å². The van der Waals surface area contributed by atoms with E-state index < -0.39 is 0 Å². The fourth-order valence-electron chi connectivity index (χ4n) is 10.3. The van der Waals surface area contributed by atoms with Crippen molar-refractivity contribution in [2.24, 2.45) is 0 Å². The molecule has 0 heterocycles. The quantitative estimate of drug-likeness (QED) is 0.141. The molecule has 0 radical (unpaired) electrons. The lowest BCUT2D eigenvalue weighted by Crippen LogP contribution is -1.97. The fourth-order valence-corrected chi connectivity index (χ4v) is 10.3. The number of fused-ring (bicyclic) bond motifs is 4. The molecule has 0 aliphatic heterocycles. The highest BCUT2D eigenvalue weighted by Crippen LogP contribution is 2.53. The van der Waals surface area contributed by atoms with Crippen LogP contribution in [0.15, 0.2) is 255 Å². The molecule has 298 valence electrons. The molecule has 0 spiro atoms. The van der Waals surface area contributed by atoms with E-state index in [9.17, 15) is 0 Å². The molecule has 0 bridgehead atoms. The highest BCUT2D eigenvalue weighted by molar-refractivity contribution is 6.31. The lowest BCUT2D eigenvalue weighted by Gasteiger charge is -2.24. The minimum absolute atomic E-state index is 1.20. The molecule has 0 aliphatic carbocycles. The van der Waals surface area contributed by atoms with Crippen molar-refractivity contribution in [2.75, 3.05) is 0 Å². The van der Waals surface area contributed by atoms with Crippen molar-refractivity contribution in [1.82, 2.24) is 0 Å². The topological polar surface area (TPSA) is 0 Å². The van der Waals surface area contributed by atoms with E-state index in [-0.39, 0.29) is 0 Å². The first-order valence-electron chi connectivity index (χ1n) is 22.2. The van der Waals surface area contributed by atoms with E-state index >= 15 is 0 Å². The van der Waals surface area contributed by atoms with E-state index in [2.05, 4.69) is 255 Å². The first-order valence-corrected chi connectivity index (χ1v) is 22.2. The Morgan fingerprint density at radius 2 is 0.375 bits per heavy atom. The molecular formula is C64H42. The molecule has 0 atom stereocenters. The molecule has 0 amide bonds. The second-order valence-electron chi connectivity index (χ2n) is 16.6. The molecular weight excluding hydrogens is 769 g/mol. The minimum atomic E-state index is 1.20. The van der Waals surface area contributed by atoms with Gasteiger partial charge in [-0.2, -0.15) is 0 Å². The summed E-state index contributed by atoms with van der Waals surface area (Å²) in [6, 6.07) is 93.6. The zero-order chi connectivity index (χ0) is 42.4. The van der Waals surface area contributed by atoms with Crippen LogP contribution in [0, 0.1) is 0 Å². The number of rotatable bonds is 7. The van der Waals surface area contributed by atoms with E-state index in [1.807, 2.05) is 0 Å². The van der Waals surface area contributed by atoms with Gasteiger partial charge in [0.25, 0.3) is 0 Å². The van der Waals surface area contributed by atoms with Gasteiger partial charge in [-0.3, -0.25) is 0 Å². The van der Waals surface area contributed by atoms with E-state index in [1.165, 1.54) is 121 Å². The van der Waals surface area contributed by atoms with Gasteiger partial charge in [0.2, 0.25) is 0 Å². The van der Waals surface area contributed by atoms with Gasteiger partial charge < -0.3 is 0 Å². The van der Waals surface area contributed by atoms with Crippen molar-refractivity contribution < 1.29 is 0 Å². The van der Waals surface area contributed by atoms with Gasteiger partial charge in [0.05, 0.1) is 0 Å². The fraction of sp³-hybridized carbons (Fsp3) is 0. The maximum atomic E-state index is 2.35. The lowest BCUT2D eigenvalue weighted by atomic mass is 9.78. The number of hydrogen-bond acceptors (Lipinski definition) is 0. The summed E-state index contributed by atoms with van der Waals surface area (Å²) in [5.74, 6) is 0. The van der Waals surface area contributed by atoms with Gasteiger partial charge in [-0.15, -0.1) is 0 Å². The van der Waals surface area contributed by atoms with Crippen LogP contribution >= 0.6 is 0 Å². The van der Waals surface area contributed by atoms with E-state index in [1.54, 1.807) is 0 Å². The summed E-state index contributed by atoms with van der Waals surface area (Å²) < 4.78 is 0. The predicted octanol–water partition coefficient (Wildman–Crippen LogP) is 18.0. The van der Waals surface area contributed by atoms with Crippen LogP contribution in [0.5, 0.6) is 0 Å². The Morgan fingerprint density at radius 3 is 0.781 bits per heavy atom. The first kappa shape index (κ1) is 37.4. The third kappa shape index (κ3) is 6.23. The molecule has 64 heavy (non-hydrogen) atoms. The summed E-state index contributed by atoms with van der Waals surface area (Å²) in [4.78, 5) is 0. The molecule has 0 aliphatic rings. The predicted molar refractivity (Wildman–Crippen MR) is 275 cm³/mol. The van der Waals surface area contributed by atoms with Gasteiger partial charge >= 0.3 is 0 Å². The average molecular weight is 811 g/mol. The molecule has 0 aromatic heterocycles. The minimum Gasteiger partial charge on any atom is -0.0622 e. The number of benzene rings is 12. The van der Waals surface area contributed by atoms with Crippen LogP contribution in [0.3, 0.4) is 0 Å². The van der Waals surface area contributed by atoms with Crippen molar-refractivity contribution in [3.63, 3.8) is 0 Å². The number of hydrogen-bond donors (Lipinski definition) is 0. The summed E-state index contributed by atoms with van der Waals surface area (Å²) in [6.07, 6.45) is 0. The molecule has 0 unspecified atom stereocenters. The van der Waals surface area contributed by atoms with Crippen LogP contribution in [-0.2, 0) is 0 Å². The van der Waals surface area contributed by atoms with E-state index in [0.29, 0.717) is 0 Å². The van der Waals surface area contributed by atoms with Crippen LogP contribution < -0.4 is 0 Å². The van der Waals surface area contributed by atoms with Crippen molar-refractivity contribution in [3.8, 4) is 77.9 Å². The van der Waals surface area contributed by atoms with E-state index in [0.717, 1.165) is 0 Å². The molecule has 0 nitrogen and oxygen atoms in total. The SMILES string of the molecule is c1ccc(-c2ccc(-c3ccccc3-c3c4ccccc4c(-c4c5ccccc5c(-c5c(-c6ccccc6)cccc5-c5ccccc5)c5ccccc45)c4ccccc34)cc2)cc1. The highest BCUT2D eigenvalue weighted by Gasteiger charge is 2.25. The highest BCUT2D eigenvalue weighted by atomic mass is 14.3. The second-order valence-corrected chi connectivity index (χ2v) is 16.6. The van der Waals surface area contributed by atoms with Crippen LogP contribution in [-0.4, -0.2) is 0 Å². The summed E-state index contributed by atoms with van der Waals surface area (Å²) in [6.45, 7) is 0. The normalized spacial score (nSPS) is 11.4. The van der Waals surface area contributed by atoms with Crippen LogP contribution in [0.4, 0.5) is 0 Å². The molecule has 12 aromatic carbocycles. The molecule has 12 rings (SSSR count). The maximum absolute atomic E-state index is 2.35. The smallest absolute Gasteiger partial charge is 0.00139 e. The summed E-state index contributed by atoms with van der Waals surface area (Å²) >= 11 is 0. The monoisotopic (exact) mass is 810 g/mol. The van der Waals surface area contributed by atoms with E-state index in [4.69, 9.17) is 0 Å². The van der Waals surface area contributed by atoms with Gasteiger partial charge in [0, 0.05) is 0 Å². The van der Waals surface area contributed by atoms with Crippen molar-refractivity contribution in [2.45, 2.75) is 0 Å². The largest absolute Gasteiger partial charge is 0.0622 e. The molecule has 0 N–H and O–H groups in total. The average Bonchev–Trinajstić information content (AvgIpc) is 3.38. The Labute approximate surface area is 374 Å². The zero-order valence-corrected chi connectivity index (χ0v) is 35.2. The van der Waals surface area contributed by atoms with Crippen molar-refractivity contribution in [3.05, 3.63) is 255 Å². The molecule has 0 saturated carbocycles. The van der Waals surface area contributed by atoms with Crippen LogP contribution in [0.1, 0.15) is 0 Å². The van der Waals surface area contributed by atoms with Crippen LogP contribution in [0.25, 0.3) is 121 Å². The first-order chi connectivity index (χ1) is 31.8. The standard InChI is InChI=1S/C64H42/c1-4-21-43(22-5-1)44-39-41-47(42-40-44)48-27-10-11-28-51(48)60-52-29-12-14-31-54(52)63(55-32-15-13-30-53(55)60)64-58-35-18-16-33-56(58)62(57-34-17-19-36-59(57)64)61-49(45-23-6-2-7-24-45)37-20-38-50(61)46-25-8-3-9-26-46/h1-42H. The van der Waals surface area contributed by atoms with Crippen molar-refractivity contribution in [1.29, 1.82) is 0 Å². The summed E-state index contributed by atoms with van der Waals surface area (Å²) in [5, 5.41) is 9.90. The van der Waals surface area contributed by atoms with Gasteiger partial charge in [-0.25, -0.2) is 0 Å². The van der Waals surface area contributed by atoms with Crippen molar-refractivity contribution >= 4 is 43.1 Å². The summed E-state index contributed by atoms with van der Waals surface area (Å²) in [7, 11) is 0. The molecule has 0 saturated heterocycles. The Kier molecular flexibility index (Phi) is 9.28. The molecule has 12 aromatic rings. The zero-order valence-electron chi connectivity index (χ0n) is 35.2. The lowest BCUT2D eigenvalue weighted by molar-refractivity contribution is 1.58. The maximum Gasteiger partial charge on any atom is -0.00139 e. The third-order valence-corrected chi connectivity index (χ3v) is 13.1. The third-order valence-electron chi connectivity index (χ3n) is 13.1. The van der Waals surface area contributed by atoms with Gasteiger partial charge in [-0.05, 0) is 121 Å². The Morgan fingerprint density at radius 1 is 0.125 bits per heavy atom. The molecule has 0 heteroatoms. The Hall–Kier alpha value is -8.32. The molecule has 0 fully saturated rings. The summed E-state index contributed by atoms with van der Waals surface area (Å²) in [5.41, 5.74) is 17.2. The van der Waals surface area contributed by atoms with Crippen LogP contribution in [0.2, 0.25) is 0 Å². The van der Waals surface area contributed by atoms with Gasteiger partial charge in [0.15, 0.2) is 0 Å².